The average Bonchev–Trinajstić information content (AvgIpc) is 3.19. The highest BCUT2D eigenvalue weighted by Gasteiger charge is 2.35. The molecule has 2 N–H and O–H groups in total. The van der Waals surface area contributed by atoms with Crippen LogP contribution >= 0.6 is 36.1 Å². The SMILES string of the molecule is CCCC[P+](CCCC)(CCCC)CCCC.CCCC[P+](CCCC)(CCCC)CCCC.O=C(O)c1ccc(SSc2ccc(C(=O)O)cc2)cc1. The second-order valence-corrected chi connectivity index (χ2v) is 26.3. The van der Waals surface area contributed by atoms with Crippen molar-refractivity contribution >= 4 is 48.1 Å². The molecular formula is C46H82O4P2S2+2. The lowest BCUT2D eigenvalue weighted by molar-refractivity contribution is 0.0686. The number of hydrogen-bond donors (Lipinski definition) is 2. The second-order valence-electron chi connectivity index (χ2n) is 15.1. The Morgan fingerprint density at radius 1 is 0.389 bits per heavy atom. The first-order chi connectivity index (χ1) is 26.0. The highest BCUT2D eigenvalue weighted by atomic mass is 33.1. The van der Waals surface area contributed by atoms with Crippen LogP contribution in [-0.2, 0) is 0 Å². The lowest BCUT2D eigenvalue weighted by Gasteiger charge is -2.28. The minimum absolute atomic E-state index is 0.255. The fraction of sp³-hybridized carbons (Fsp3) is 0.696. The average molecular weight is 825 g/mol. The first kappa shape index (κ1) is 52.9. The Balaban J connectivity index is 0.000000786. The van der Waals surface area contributed by atoms with Gasteiger partial charge in [0.25, 0.3) is 0 Å². The first-order valence-electron chi connectivity index (χ1n) is 21.8. The molecule has 0 heterocycles. The molecule has 54 heavy (non-hydrogen) atoms. The Kier molecular flexibility index (Phi) is 33.4. The summed E-state index contributed by atoms with van der Waals surface area (Å²) in [6.45, 7) is 18.8. The van der Waals surface area contributed by atoms with Gasteiger partial charge in [0, 0.05) is 24.3 Å². The molecule has 0 unspecified atom stereocenters. The molecule has 0 aliphatic carbocycles. The van der Waals surface area contributed by atoms with Gasteiger partial charge in [0.05, 0.1) is 60.4 Å². The highest BCUT2D eigenvalue weighted by molar-refractivity contribution is 8.76. The molecule has 0 bridgehead atoms. The molecule has 8 heteroatoms. The zero-order valence-corrected chi connectivity index (χ0v) is 39.4. The van der Waals surface area contributed by atoms with Gasteiger partial charge in [0.2, 0.25) is 0 Å². The van der Waals surface area contributed by atoms with Gasteiger partial charge in [-0.1, -0.05) is 128 Å². The van der Waals surface area contributed by atoms with Crippen LogP contribution in [0.3, 0.4) is 0 Å². The quantitative estimate of drug-likeness (QED) is 0.0629. The van der Waals surface area contributed by atoms with Crippen LogP contribution < -0.4 is 0 Å². The molecule has 2 rings (SSSR count). The lowest BCUT2D eigenvalue weighted by Crippen LogP contribution is -2.12. The monoisotopic (exact) mass is 825 g/mol. The maximum Gasteiger partial charge on any atom is 0.335 e. The third-order valence-electron chi connectivity index (χ3n) is 10.3. The topological polar surface area (TPSA) is 74.6 Å². The van der Waals surface area contributed by atoms with Crippen molar-refractivity contribution in [2.24, 2.45) is 0 Å². The molecule has 4 nitrogen and oxygen atoms in total. The Morgan fingerprint density at radius 2 is 0.574 bits per heavy atom. The summed E-state index contributed by atoms with van der Waals surface area (Å²) in [5, 5.41) is 17.6. The van der Waals surface area contributed by atoms with E-state index in [0.717, 1.165) is 9.79 Å². The normalized spacial score (nSPS) is 11.3. The van der Waals surface area contributed by atoms with Crippen molar-refractivity contribution in [1.29, 1.82) is 0 Å². The van der Waals surface area contributed by atoms with Crippen LogP contribution in [0, 0.1) is 0 Å². The van der Waals surface area contributed by atoms with Gasteiger partial charge in [-0.2, -0.15) is 0 Å². The molecule has 2 aromatic rings. The minimum atomic E-state index is -0.946. The van der Waals surface area contributed by atoms with Crippen molar-refractivity contribution in [2.75, 3.05) is 49.3 Å². The predicted molar refractivity (Wildman–Crippen MR) is 251 cm³/mol. The van der Waals surface area contributed by atoms with Gasteiger partial charge in [-0.15, -0.1) is 0 Å². The largest absolute Gasteiger partial charge is 0.478 e. The van der Waals surface area contributed by atoms with Crippen LogP contribution in [0.4, 0.5) is 0 Å². The molecule has 0 aliphatic heterocycles. The number of benzene rings is 2. The number of rotatable bonds is 29. The maximum absolute atomic E-state index is 10.7. The van der Waals surface area contributed by atoms with Gasteiger partial charge in [-0.3, -0.25) is 0 Å². The molecule has 0 fully saturated rings. The summed E-state index contributed by atoms with van der Waals surface area (Å²) in [6, 6.07) is 13.2. The van der Waals surface area contributed by atoms with Gasteiger partial charge >= 0.3 is 11.9 Å². The summed E-state index contributed by atoms with van der Waals surface area (Å²) < 4.78 is 0. The Hall–Kier alpha value is -1.06. The summed E-state index contributed by atoms with van der Waals surface area (Å²) in [6.07, 6.45) is 35.9. The van der Waals surface area contributed by atoms with Gasteiger partial charge in [0.15, 0.2) is 0 Å². The van der Waals surface area contributed by atoms with E-state index >= 15 is 0 Å². The van der Waals surface area contributed by atoms with E-state index in [9.17, 15) is 9.59 Å². The predicted octanol–water partition coefficient (Wildman–Crippen LogP) is 16.3. The van der Waals surface area contributed by atoms with Crippen molar-refractivity contribution in [3.63, 3.8) is 0 Å². The van der Waals surface area contributed by atoms with Gasteiger partial charge in [-0.05, 0) is 99.9 Å². The van der Waals surface area contributed by atoms with E-state index in [1.807, 2.05) is 0 Å². The summed E-state index contributed by atoms with van der Waals surface area (Å²) in [4.78, 5) is 23.3. The molecule has 0 amide bonds. The molecule has 0 aromatic heterocycles. The summed E-state index contributed by atoms with van der Waals surface area (Å²) in [7, 11) is 1.84. The van der Waals surface area contributed by atoms with E-state index in [0.29, 0.717) is 0 Å². The fourth-order valence-corrected chi connectivity index (χ4v) is 19.2. The van der Waals surface area contributed by atoms with Crippen molar-refractivity contribution in [3.8, 4) is 0 Å². The van der Waals surface area contributed by atoms with E-state index in [4.69, 9.17) is 10.2 Å². The maximum atomic E-state index is 10.7. The van der Waals surface area contributed by atoms with Gasteiger partial charge in [0.1, 0.15) is 0 Å². The van der Waals surface area contributed by atoms with Crippen molar-refractivity contribution in [2.45, 2.75) is 168 Å². The van der Waals surface area contributed by atoms with E-state index in [1.165, 1.54) is 124 Å². The molecule has 0 saturated carbocycles. The summed E-state index contributed by atoms with van der Waals surface area (Å²) in [5.41, 5.74) is 0.510. The number of unbranched alkanes of at least 4 members (excludes halogenated alkanes) is 8. The molecule has 0 spiro atoms. The molecule has 0 saturated heterocycles. The Bertz CT molecular complexity index is 1020. The molecule has 2 aromatic carbocycles. The summed E-state index contributed by atoms with van der Waals surface area (Å²) >= 11 is 0. The number of carbonyl (C=O) groups is 2. The third-order valence-corrected chi connectivity index (χ3v) is 22.9. The zero-order chi connectivity index (χ0) is 40.5. The lowest BCUT2D eigenvalue weighted by atomic mass is 10.2. The molecule has 0 aliphatic rings. The number of aromatic carboxylic acids is 2. The second kappa shape index (κ2) is 34.0. The Morgan fingerprint density at radius 3 is 0.722 bits per heavy atom. The zero-order valence-electron chi connectivity index (χ0n) is 36.0. The summed E-state index contributed by atoms with van der Waals surface area (Å²) in [5.74, 6) is -1.89. The van der Waals surface area contributed by atoms with E-state index < -0.39 is 26.5 Å². The molecular weight excluding hydrogens is 743 g/mol. The fourth-order valence-electron chi connectivity index (χ4n) is 6.69. The number of carboxylic acid groups (broad SMARTS) is 2. The van der Waals surface area contributed by atoms with Crippen LogP contribution in [0.15, 0.2) is 58.3 Å². The van der Waals surface area contributed by atoms with Crippen LogP contribution in [0.5, 0.6) is 0 Å². The van der Waals surface area contributed by atoms with E-state index in [2.05, 4.69) is 55.4 Å². The van der Waals surface area contributed by atoms with Crippen LogP contribution in [0.1, 0.15) is 179 Å². The van der Waals surface area contributed by atoms with E-state index in [1.54, 1.807) is 97.8 Å². The smallest absolute Gasteiger partial charge is 0.335 e. The van der Waals surface area contributed by atoms with E-state index in [-0.39, 0.29) is 11.1 Å². The molecule has 310 valence electrons. The van der Waals surface area contributed by atoms with Crippen molar-refractivity contribution < 1.29 is 19.8 Å². The highest BCUT2D eigenvalue weighted by Crippen LogP contribution is 2.62. The number of carboxylic acids is 2. The molecule has 0 atom stereocenters. The van der Waals surface area contributed by atoms with Crippen molar-refractivity contribution in [3.05, 3.63) is 59.7 Å². The van der Waals surface area contributed by atoms with Crippen molar-refractivity contribution in [1.82, 2.24) is 0 Å². The first-order valence-corrected chi connectivity index (χ1v) is 29.0. The van der Waals surface area contributed by atoms with Crippen LogP contribution in [-0.4, -0.2) is 71.4 Å². The molecule has 0 radical (unpaired) electrons. The Labute approximate surface area is 343 Å². The third kappa shape index (κ3) is 24.5. The minimum Gasteiger partial charge on any atom is -0.478 e. The number of hydrogen-bond acceptors (Lipinski definition) is 4. The van der Waals surface area contributed by atoms with Gasteiger partial charge < -0.3 is 10.2 Å². The van der Waals surface area contributed by atoms with Gasteiger partial charge in [-0.25, -0.2) is 9.59 Å². The standard InChI is InChI=1S/2C16H36P.C14H10O4S2/c2*1-5-9-13-17(14-10-6-2,15-11-7-3)16-12-8-4;15-13(16)9-1-5-11(6-2-9)19-20-12-7-3-10(4-8-12)14(17)18/h2*5-16H2,1-4H3;1-8H,(H,15,16)(H,17,18)/q2*+1;. The van der Waals surface area contributed by atoms with Crippen LogP contribution in [0.25, 0.3) is 0 Å². The van der Waals surface area contributed by atoms with Crippen LogP contribution in [0.2, 0.25) is 0 Å².